The summed E-state index contributed by atoms with van der Waals surface area (Å²) in [7, 11) is 0. The van der Waals surface area contributed by atoms with Crippen molar-refractivity contribution < 1.29 is 0 Å². The Bertz CT molecular complexity index is 823. The smallest absolute Gasteiger partial charge is 0.194 e. The lowest BCUT2D eigenvalue weighted by atomic mass is 10.00. The van der Waals surface area contributed by atoms with Crippen molar-refractivity contribution in [2.45, 2.75) is 38.8 Å². The Kier molecular flexibility index (Phi) is 3.74. The number of aryl methyl sites for hydroxylation is 1. The number of fused-ring (bicyclic) bond motifs is 1. The lowest BCUT2D eigenvalue weighted by Gasteiger charge is -2.30. The molecule has 2 atom stereocenters. The van der Waals surface area contributed by atoms with Crippen LogP contribution in [-0.4, -0.2) is 38.0 Å². The van der Waals surface area contributed by atoms with Gasteiger partial charge < -0.3 is 10.6 Å². The Morgan fingerprint density at radius 3 is 3.13 bits per heavy atom. The topological polar surface area (TPSA) is 67.1 Å². The zero-order valence-corrected chi connectivity index (χ0v) is 14.1. The average molecular weight is 328 g/mol. The maximum Gasteiger partial charge on any atom is 0.194 e. The van der Waals surface area contributed by atoms with Crippen LogP contribution < -0.4 is 10.6 Å². The Morgan fingerprint density at radius 1 is 1.35 bits per heavy atom. The van der Waals surface area contributed by atoms with Crippen molar-refractivity contribution in [3.63, 3.8) is 0 Å². The molecule has 0 amide bonds. The highest BCUT2D eigenvalue weighted by Gasteiger charge is 2.21. The molecular formula is C16H20N6S. The number of hydrogen-bond acceptors (Lipinski definition) is 6. The summed E-state index contributed by atoms with van der Waals surface area (Å²) in [6.07, 6.45) is 9.89. The van der Waals surface area contributed by atoms with Crippen LogP contribution in [0.1, 0.15) is 24.6 Å². The zero-order chi connectivity index (χ0) is 15.8. The molecule has 0 aromatic carbocycles. The lowest BCUT2D eigenvalue weighted by molar-refractivity contribution is 0.388. The lowest BCUT2D eigenvalue weighted by Crippen LogP contribution is -2.46. The summed E-state index contributed by atoms with van der Waals surface area (Å²) in [4.78, 5) is 15.8. The van der Waals surface area contributed by atoms with Crippen molar-refractivity contribution in [1.82, 2.24) is 24.7 Å². The van der Waals surface area contributed by atoms with Gasteiger partial charge in [0.25, 0.3) is 0 Å². The maximum absolute atomic E-state index is 4.75. The van der Waals surface area contributed by atoms with E-state index in [-0.39, 0.29) is 0 Å². The fourth-order valence-electron chi connectivity index (χ4n) is 3.08. The summed E-state index contributed by atoms with van der Waals surface area (Å²) in [6.45, 7) is 5.39. The number of imidazole rings is 1. The van der Waals surface area contributed by atoms with Crippen molar-refractivity contribution in [1.29, 1.82) is 0 Å². The number of nitrogens with one attached hydrogen (secondary N) is 2. The van der Waals surface area contributed by atoms with Crippen molar-refractivity contribution in [2.24, 2.45) is 0 Å². The predicted octanol–water partition coefficient (Wildman–Crippen LogP) is 2.71. The summed E-state index contributed by atoms with van der Waals surface area (Å²) in [6, 6.07) is 0.831. The van der Waals surface area contributed by atoms with Gasteiger partial charge in [-0.1, -0.05) is 0 Å². The first-order chi connectivity index (χ1) is 11.2. The van der Waals surface area contributed by atoms with Gasteiger partial charge in [0.05, 0.1) is 24.3 Å². The van der Waals surface area contributed by atoms with Gasteiger partial charge in [-0.05, 0) is 33.2 Å². The molecule has 0 spiro atoms. The van der Waals surface area contributed by atoms with Gasteiger partial charge in [0, 0.05) is 23.2 Å². The number of piperidine rings is 1. The summed E-state index contributed by atoms with van der Waals surface area (Å²) in [5, 5.41) is 7.02. The van der Waals surface area contributed by atoms with Gasteiger partial charge in [-0.3, -0.25) is 9.38 Å². The quantitative estimate of drug-likeness (QED) is 0.774. The highest BCUT2D eigenvalue weighted by Crippen LogP contribution is 2.25. The molecule has 4 heterocycles. The van der Waals surface area contributed by atoms with Gasteiger partial charge in [-0.25, -0.2) is 9.97 Å². The summed E-state index contributed by atoms with van der Waals surface area (Å²) in [5.74, 6) is 0.824. The van der Waals surface area contributed by atoms with E-state index in [0.29, 0.717) is 12.1 Å². The molecule has 2 N–H and O–H groups in total. The van der Waals surface area contributed by atoms with Gasteiger partial charge in [-0.2, -0.15) is 0 Å². The van der Waals surface area contributed by atoms with Gasteiger partial charge in [0.1, 0.15) is 11.5 Å². The molecule has 1 aliphatic rings. The monoisotopic (exact) mass is 328 g/mol. The first kappa shape index (κ1) is 14.6. The van der Waals surface area contributed by atoms with Crippen molar-refractivity contribution in [2.75, 3.05) is 11.9 Å². The molecule has 3 aromatic rings. The summed E-state index contributed by atoms with van der Waals surface area (Å²) < 4.78 is 2.08. The molecule has 0 saturated carbocycles. The van der Waals surface area contributed by atoms with E-state index in [2.05, 4.69) is 45.0 Å². The molecule has 0 aliphatic carbocycles. The third kappa shape index (κ3) is 2.82. The van der Waals surface area contributed by atoms with Crippen LogP contribution in [0.15, 0.2) is 24.8 Å². The number of aromatic nitrogens is 4. The molecule has 7 heteroatoms. The molecule has 1 aliphatic heterocycles. The number of anilines is 1. The first-order valence-corrected chi connectivity index (χ1v) is 8.78. The summed E-state index contributed by atoms with van der Waals surface area (Å²) in [5.41, 5.74) is 1.83. The molecule has 1 fully saturated rings. The highest BCUT2D eigenvalue weighted by molar-refractivity contribution is 7.17. The van der Waals surface area contributed by atoms with E-state index >= 15 is 0 Å². The largest absolute Gasteiger partial charge is 0.364 e. The second-order valence-electron chi connectivity index (χ2n) is 6.06. The SMILES string of the molecule is Cc1cn2c(-c3cncc(N[C@H]4CCCN[C@@H]4C)n3)cnc2s1. The van der Waals surface area contributed by atoms with Crippen molar-refractivity contribution in [3.8, 4) is 11.4 Å². The molecule has 1 saturated heterocycles. The molecule has 0 bridgehead atoms. The summed E-state index contributed by atoms with van der Waals surface area (Å²) >= 11 is 1.68. The number of hydrogen-bond donors (Lipinski definition) is 2. The number of nitrogens with zero attached hydrogens (tertiary/aromatic N) is 4. The van der Waals surface area contributed by atoms with Gasteiger partial charge in [0.15, 0.2) is 4.96 Å². The minimum Gasteiger partial charge on any atom is -0.364 e. The minimum absolute atomic E-state index is 0.391. The van der Waals surface area contributed by atoms with Crippen LogP contribution >= 0.6 is 11.3 Å². The predicted molar refractivity (Wildman–Crippen MR) is 92.9 cm³/mol. The van der Waals surface area contributed by atoms with Crippen LogP contribution in [0, 0.1) is 6.92 Å². The molecule has 23 heavy (non-hydrogen) atoms. The second kappa shape index (κ2) is 5.90. The normalized spacial score (nSPS) is 21.7. The van der Waals surface area contributed by atoms with Crippen LogP contribution in [-0.2, 0) is 0 Å². The average Bonchev–Trinajstić information content (AvgIpc) is 3.09. The van der Waals surface area contributed by atoms with E-state index in [1.807, 2.05) is 6.20 Å². The Labute approximate surface area is 139 Å². The van der Waals surface area contributed by atoms with E-state index in [4.69, 9.17) is 4.98 Å². The second-order valence-corrected chi connectivity index (χ2v) is 7.28. The molecule has 6 nitrogen and oxygen atoms in total. The maximum atomic E-state index is 4.75. The van der Waals surface area contributed by atoms with Crippen molar-refractivity contribution in [3.05, 3.63) is 29.7 Å². The Morgan fingerprint density at radius 2 is 2.26 bits per heavy atom. The number of rotatable bonds is 3. The fraction of sp³-hybridized carbons (Fsp3) is 0.438. The van der Waals surface area contributed by atoms with Gasteiger partial charge in [0.2, 0.25) is 0 Å². The Hall–Kier alpha value is -1.99. The number of thiazole rings is 1. The molecule has 120 valence electrons. The van der Waals surface area contributed by atoms with E-state index in [1.54, 1.807) is 23.7 Å². The van der Waals surface area contributed by atoms with Gasteiger partial charge in [-0.15, -0.1) is 11.3 Å². The molecule has 4 rings (SSSR count). The third-order valence-corrected chi connectivity index (χ3v) is 5.23. The van der Waals surface area contributed by atoms with E-state index in [9.17, 15) is 0 Å². The Balaban J connectivity index is 1.63. The van der Waals surface area contributed by atoms with Crippen LogP contribution in [0.2, 0.25) is 0 Å². The minimum atomic E-state index is 0.391. The molecule has 0 unspecified atom stereocenters. The first-order valence-electron chi connectivity index (χ1n) is 7.96. The standard InChI is InChI=1S/C16H20N6S/c1-10-9-22-14(7-19-16(22)23-10)13-6-17-8-15(21-13)20-12-4-3-5-18-11(12)2/h6-9,11-12,18H,3-5H2,1-2H3,(H,20,21)/t11-,12+/m1/s1. The third-order valence-electron chi connectivity index (χ3n) is 4.32. The molecular weight excluding hydrogens is 308 g/mol. The molecule has 3 aromatic heterocycles. The van der Waals surface area contributed by atoms with Crippen molar-refractivity contribution >= 4 is 22.1 Å². The highest BCUT2D eigenvalue weighted by atomic mass is 32.1. The van der Waals surface area contributed by atoms with Crippen LogP contribution in [0.4, 0.5) is 5.82 Å². The van der Waals surface area contributed by atoms with Crippen LogP contribution in [0.5, 0.6) is 0 Å². The van der Waals surface area contributed by atoms with E-state index in [1.165, 1.54) is 11.3 Å². The van der Waals surface area contributed by atoms with Crippen LogP contribution in [0.25, 0.3) is 16.3 Å². The zero-order valence-electron chi connectivity index (χ0n) is 13.3. The van der Waals surface area contributed by atoms with E-state index < -0.39 is 0 Å². The molecule has 0 radical (unpaired) electrons. The fourth-order valence-corrected chi connectivity index (χ4v) is 3.88. The van der Waals surface area contributed by atoms with Crippen LogP contribution in [0.3, 0.4) is 0 Å². The van der Waals surface area contributed by atoms with E-state index in [0.717, 1.165) is 35.1 Å². The van der Waals surface area contributed by atoms with Gasteiger partial charge >= 0.3 is 0 Å².